The maximum absolute atomic E-state index is 11.8. The predicted molar refractivity (Wildman–Crippen MR) is 83.2 cm³/mol. The van der Waals surface area contributed by atoms with E-state index in [0.29, 0.717) is 5.56 Å². The van der Waals surface area contributed by atoms with Crippen molar-refractivity contribution in [2.24, 2.45) is 5.10 Å². The van der Waals surface area contributed by atoms with Crippen LogP contribution >= 0.6 is 15.9 Å². The van der Waals surface area contributed by atoms with Gasteiger partial charge in [0.25, 0.3) is 5.91 Å². The topological polar surface area (TPSA) is 79.5 Å². The van der Waals surface area contributed by atoms with Crippen molar-refractivity contribution in [2.75, 3.05) is 0 Å². The highest BCUT2D eigenvalue weighted by atomic mass is 79.9. The number of nitrogens with one attached hydrogen (secondary N) is 1. The molecule has 0 aliphatic heterocycles. The van der Waals surface area contributed by atoms with E-state index >= 15 is 0 Å². The van der Waals surface area contributed by atoms with Gasteiger partial charge in [0.05, 0.1) is 22.1 Å². The Hall–Kier alpha value is -2.15. The van der Waals surface area contributed by atoms with Crippen molar-refractivity contribution in [2.45, 2.75) is 20.4 Å². The van der Waals surface area contributed by atoms with Crippen LogP contribution in [0.4, 0.5) is 0 Å². The molecular formula is C14H15BrN4O2. The lowest BCUT2D eigenvalue weighted by molar-refractivity contribution is -0.121. The zero-order valence-electron chi connectivity index (χ0n) is 11.7. The van der Waals surface area contributed by atoms with E-state index in [4.69, 9.17) is 0 Å². The number of aromatic hydroxyl groups is 1. The van der Waals surface area contributed by atoms with E-state index in [-0.39, 0.29) is 18.2 Å². The van der Waals surface area contributed by atoms with Gasteiger partial charge in [-0.1, -0.05) is 12.1 Å². The van der Waals surface area contributed by atoms with Crippen LogP contribution in [-0.4, -0.2) is 27.0 Å². The van der Waals surface area contributed by atoms with Gasteiger partial charge >= 0.3 is 0 Å². The van der Waals surface area contributed by atoms with Gasteiger partial charge in [0.1, 0.15) is 12.3 Å². The third kappa shape index (κ3) is 3.69. The third-order valence-corrected chi connectivity index (χ3v) is 4.06. The van der Waals surface area contributed by atoms with Gasteiger partial charge in [0.15, 0.2) is 0 Å². The summed E-state index contributed by atoms with van der Waals surface area (Å²) in [5.41, 5.74) is 4.65. The number of hydrogen-bond acceptors (Lipinski definition) is 4. The first-order valence-electron chi connectivity index (χ1n) is 6.28. The van der Waals surface area contributed by atoms with Crippen LogP contribution in [0.1, 0.15) is 17.0 Å². The van der Waals surface area contributed by atoms with Crippen LogP contribution in [0.25, 0.3) is 0 Å². The second-order valence-corrected chi connectivity index (χ2v) is 5.29. The third-order valence-electron chi connectivity index (χ3n) is 2.92. The van der Waals surface area contributed by atoms with E-state index < -0.39 is 0 Å². The molecule has 110 valence electrons. The quantitative estimate of drug-likeness (QED) is 0.654. The van der Waals surface area contributed by atoms with Crippen LogP contribution in [-0.2, 0) is 11.3 Å². The first-order chi connectivity index (χ1) is 9.99. The minimum Gasteiger partial charge on any atom is -0.507 e. The molecule has 0 radical (unpaired) electrons. The summed E-state index contributed by atoms with van der Waals surface area (Å²) in [6, 6.07) is 6.74. The highest BCUT2D eigenvalue weighted by molar-refractivity contribution is 9.10. The average molecular weight is 351 g/mol. The number of carbonyl (C=O) groups excluding carboxylic acids is 1. The van der Waals surface area contributed by atoms with Crippen LogP contribution in [0, 0.1) is 13.8 Å². The number of phenolic OH excluding ortho intramolecular Hbond substituents is 1. The van der Waals surface area contributed by atoms with Crippen LogP contribution in [0.5, 0.6) is 5.75 Å². The van der Waals surface area contributed by atoms with Crippen molar-refractivity contribution in [1.29, 1.82) is 0 Å². The average Bonchev–Trinajstić information content (AvgIpc) is 2.68. The first kappa shape index (κ1) is 15.2. The predicted octanol–water partition coefficient (Wildman–Crippen LogP) is 2.12. The summed E-state index contributed by atoms with van der Waals surface area (Å²) in [6.07, 6.45) is 1.39. The Morgan fingerprint density at radius 3 is 2.81 bits per heavy atom. The number of benzene rings is 1. The molecule has 1 heterocycles. The van der Waals surface area contributed by atoms with E-state index in [9.17, 15) is 9.90 Å². The van der Waals surface area contributed by atoms with E-state index in [2.05, 4.69) is 31.6 Å². The van der Waals surface area contributed by atoms with Gasteiger partial charge in [-0.05, 0) is 41.9 Å². The van der Waals surface area contributed by atoms with Gasteiger partial charge in [-0.15, -0.1) is 0 Å². The summed E-state index contributed by atoms with van der Waals surface area (Å²) in [5.74, 6) is -0.183. The minimum absolute atomic E-state index is 0.0797. The molecular weight excluding hydrogens is 336 g/mol. The van der Waals surface area contributed by atoms with Crippen LogP contribution < -0.4 is 5.43 Å². The molecule has 0 aliphatic carbocycles. The molecule has 6 nitrogen and oxygen atoms in total. The van der Waals surface area contributed by atoms with Crippen LogP contribution in [0.15, 0.2) is 33.8 Å². The highest BCUT2D eigenvalue weighted by Crippen LogP contribution is 2.19. The number of nitrogens with zero attached hydrogens (tertiary/aromatic N) is 3. The molecule has 2 aromatic rings. The summed E-state index contributed by atoms with van der Waals surface area (Å²) in [7, 11) is 0. The fourth-order valence-electron chi connectivity index (χ4n) is 1.77. The van der Waals surface area contributed by atoms with Gasteiger partial charge in [-0.3, -0.25) is 9.48 Å². The number of aromatic nitrogens is 2. The zero-order valence-corrected chi connectivity index (χ0v) is 13.3. The molecule has 2 rings (SSSR count). The summed E-state index contributed by atoms with van der Waals surface area (Å²) >= 11 is 3.41. The maximum Gasteiger partial charge on any atom is 0.261 e. The van der Waals surface area contributed by atoms with Gasteiger partial charge < -0.3 is 5.11 Å². The van der Waals surface area contributed by atoms with Crippen molar-refractivity contribution < 1.29 is 9.90 Å². The van der Waals surface area contributed by atoms with E-state index in [1.807, 2.05) is 13.8 Å². The van der Waals surface area contributed by atoms with Crippen LogP contribution in [0.3, 0.4) is 0 Å². The molecule has 0 bridgehead atoms. The Kier molecular flexibility index (Phi) is 4.74. The largest absolute Gasteiger partial charge is 0.507 e. The summed E-state index contributed by atoms with van der Waals surface area (Å²) in [5, 5.41) is 17.6. The molecule has 0 fully saturated rings. The van der Waals surface area contributed by atoms with Gasteiger partial charge in [0.2, 0.25) is 0 Å². The Labute approximate surface area is 130 Å². The van der Waals surface area contributed by atoms with E-state index in [0.717, 1.165) is 15.9 Å². The number of para-hydroxylation sites is 1. The molecule has 2 N–H and O–H groups in total. The second kappa shape index (κ2) is 6.53. The molecule has 0 aliphatic rings. The molecule has 1 aromatic carbocycles. The zero-order chi connectivity index (χ0) is 15.4. The van der Waals surface area contributed by atoms with Crippen molar-refractivity contribution >= 4 is 28.1 Å². The molecule has 0 spiro atoms. The second-order valence-electron chi connectivity index (χ2n) is 4.49. The number of amides is 1. The molecule has 1 aromatic heterocycles. The standard InChI is InChI=1S/C14H15BrN4O2/c1-9-14(15)10(2)19(18-9)8-13(21)17-16-7-11-5-3-4-6-12(11)20/h3-7,20H,8H2,1-2H3,(H,17,21)/b16-7+. The monoisotopic (exact) mass is 350 g/mol. The number of carbonyl (C=O) groups is 1. The maximum atomic E-state index is 11.8. The van der Waals surface area contributed by atoms with Crippen molar-refractivity contribution in [3.8, 4) is 5.75 Å². The fraction of sp³-hybridized carbons (Fsp3) is 0.214. The lowest BCUT2D eigenvalue weighted by atomic mass is 10.2. The van der Waals surface area contributed by atoms with E-state index in [1.165, 1.54) is 6.21 Å². The van der Waals surface area contributed by atoms with Crippen LogP contribution in [0.2, 0.25) is 0 Å². The van der Waals surface area contributed by atoms with Gasteiger partial charge in [-0.2, -0.15) is 10.2 Å². The Morgan fingerprint density at radius 2 is 2.19 bits per heavy atom. The highest BCUT2D eigenvalue weighted by Gasteiger charge is 2.11. The fourth-order valence-corrected chi connectivity index (χ4v) is 2.05. The van der Waals surface area contributed by atoms with Gasteiger partial charge in [0, 0.05) is 5.56 Å². The SMILES string of the molecule is Cc1nn(CC(=O)N/N=C/c2ccccc2O)c(C)c1Br. The number of hydrazone groups is 1. The molecule has 0 atom stereocenters. The first-order valence-corrected chi connectivity index (χ1v) is 7.07. The molecule has 0 saturated heterocycles. The molecule has 21 heavy (non-hydrogen) atoms. The summed E-state index contributed by atoms with van der Waals surface area (Å²) < 4.78 is 2.50. The van der Waals surface area contributed by atoms with Gasteiger partial charge in [-0.25, -0.2) is 5.43 Å². The minimum atomic E-state index is -0.292. The van der Waals surface area contributed by atoms with Crippen molar-refractivity contribution in [1.82, 2.24) is 15.2 Å². The summed E-state index contributed by atoms with van der Waals surface area (Å²) in [6.45, 7) is 3.82. The lowest BCUT2D eigenvalue weighted by Gasteiger charge is -2.03. The summed E-state index contributed by atoms with van der Waals surface area (Å²) in [4.78, 5) is 11.8. The molecule has 0 unspecified atom stereocenters. The number of hydrogen-bond donors (Lipinski definition) is 2. The van der Waals surface area contributed by atoms with E-state index in [1.54, 1.807) is 28.9 Å². The Morgan fingerprint density at radius 1 is 1.48 bits per heavy atom. The lowest BCUT2D eigenvalue weighted by Crippen LogP contribution is -2.24. The van der Waals surface area contributed by atoms with Crippen molar-refractivity contribution in [3.63, 3.8) is 0 Å². The number of phenols is 1. The van der Waals surface area contributed by atoms with Crippen molar-refractivity contribution in [3.05, 3.63) is 45.7 Å². The Balaban J connectivity index is 1.96. The Bertz CT molecular complexity index is 694. The smallest absolute Gasteiger partial charge is 0.261 e. The molecule has 0 saturated carbocycles. The normalized spacial score (nSPS) is 11.0. The number of halogens is 1. The number of aryl methyl sites for hydroxylation is 1. The molecule has 7 heteroatoms. The molecule has 1 amide bonds. The number of rotatable bonds is 4.